The molecular weight excluding hydrogens is 561 g/mol. The molecule has 2 atom stereocenters. The van der Waals surface area contributed by atoms with Gasteiger partial charge in [0, 0.05) is 37.2 Å². The maximum Gasteiger partial charge on any atom is 0.322 e. The van der Waals surface area contributed by atoms with E-state index in [1.54, 1.807) is 12.1 Å². The van der Waals surface area contributed by atoms with Crippen LogP contribution in [0.25, 0.3) is 0 Å². The number of hydrogen-bond donors (Lipinski definition) is 2. The van der Waals surface area contributed by atoms with Gasteiger partial charge in [0.15, 0.2) is 6.04 Å². The minimum Gasteiger partial charge on any atom is -0.480 e. The second-order valence-electron chi connectivity index (χ2n) is 11.7. The number of aromatic nitrogens is 1. The number of hydrogen-bond acceptors (Lipinski definition) is 5. The van der Waals surface area contributed by atoms with Gasteiger partial charge in [0.25, 0.3) is 0 Å². The van der Waals surface area contributed by atoms with Crippen LogP contribution in [0.3, 0.4) is 0 Å². The van der Waals surface area contributed by atoms with Gasteiger partial charge in [0.05, 0.1) is 11.9 Å². The minimum absolute atomic E-state index is 0.0207. The standard InChI is InChI=1S/C28H35F3N4O5S/c1-27(2,3)19-6-8-22(9-7-19)35(41(39,40)34-14-4-5-23(34)26(37)38)24(18-15-20(29)17-32-16-18)25(36)33-21-10-12-28(30,31)13-11-21/h6-9,15-17,21,23-24H,4-5,10-14H2,1-3H3,(H,33,36)(H,37,38)/t23-,24?/m1/s1. The van der Waals surface area contributed by atoms with E-state index in [0.717, 1.165) is 32.6 Å². The molecule has 1 aromatic carbocycles. The molecule has 2 fully saturated rings. The molecule has 0 bridgehead atoms. The zero-order valence-corrected chi connectivity index (χ0v) is 24.0. The normalized spacial score (nSPS) is 20.9. The van der Waals surface area contributed by atoms with Crippen LogP contribution in [0.1, 0.15) is 76.5 Å². The SMILES string of the molecule is CC(C)(C)c1ccc(N(C(C(=O)NC2CCC(F)(F)CC2)c2cncc(F)c2)S(=O)(=O)N2CCC[C@@H]2C(=O)O)cc1. The van der Waals surface area contributed by atoms with Gasteiger partial charge in [-0.2, -0.15) is 12.7 Å². The number of anilines is 1. The fourth-order valence-corrected chi connectivity index (χ4v) is 7.31. The average Bonchev–Trinajstić information content (AvgIpc) is 3.39. The first kappa shape index (κ1) is 30.8. The topological polar surface area (TPSA) is 120 Å². The smallest absolute Gasteiger partial charge is 0.322 e. The van der Waals surface area contributed by atoms with Crippen molar-refractivity contribution >= 4 is 27.8 Å². The number of nitrogens with zero attached hydrogens (tertiary/aromatic N) is 3. The van der Waals surface area contributed by atoms with E-state index >= 15 is 0 Å². The number of nitrogens with one attached hydrogen (secondary N) is 1. The van der Waals surface area contributed by atoms with Crippen molar-refractivity contribution in [3.05, 3.63) is 59.7 Å². The lowest BCUT2D eigenvalue weighted by Crippen LogP contribution is -2.54. The van der Waals surface area contributed by atoms with Gasteiger partial charge in [-0.1, -0.05) is 32.9 Å². The molecule has 224 valence electrons. The zero-order chi connectivity index (χ0) is 30.2. The van der Waals surface area contributed by atoms with E-state index in [4.69, 9.17) is 0 Å². The van der Waals surface area contributed by atoms with Crippen LogP contribution < -0.4 is 9.62 Å². The molecule has 2 aromatic rings. The summed E-state index contributed by atoms with van der Waals surface area (Å²) in [4.78, 5) is 29.7. The van der Waals surface area contributed by atoms with Crippen molar-refractivity contribution in [2.24, 2.45) is 0 Å². The van der Waals surface area contributed by atoms with Gasteiger partial charge in [-0.3, -0.25) is 14.6 Å². The van der Waals surface area contributed by atoms with Crippen molar-refractivity contribution in [2.75, 3.05) is 10.8 Å². The molecule has 9 nitrogen and oxygen atoms in total. The summed E-state index contributed by atoms with van der Waals surface area (Å²) in [5.74, 6) is -5.85. The summed E-state index contributed by atoms with van der Waals surface area (Å²) >= 11 is 0. The minimum atomic E-state index is -4.71. The lowest BCUT2D eigenvalue weighted by atomic mass is 9.87. The predicted octanol–water partition coefficient (Wildman–Crippen LogP) is 4.55. The molecule has 1 aliphatic carbocycles. The number of carboxylic acid groups (broad SMARTS) is 1. The summed E-state index contributed by atoms with van der Waals surface area (Å²) in [6, 6.07) is 3.70. The Morgan fingerprint density at radius 3 is 2.32 bits per heavy atom. The number of halogens is 3. The molecule has 1 saturated heterocycles. The Balaban J connectivity index is 1.84. The largest absolute Gasteiger partial charge is 0.480 e. The molecule has 1 unspecified atom stereocenters. The van der Waals surface area contributed by atoms with E-state index in [-0.39, 0.29) is 42.5 Å². The van der Waals surface area contributed by atoms with E-state index in [2.05, 4.69) is 10.3 Å². The van der Waals surface area contributed by atoms with Crippen LogP contribution in [0, 0.1) is 5.82 Å². The van der Waals surface area contributed by atoms with Gasteiger partial charge in [-0.15, -0.1) is 0 Å². The Labute approximate surface area is 237 Å². The van der Waals surface area contributed by atoms with E-state index in [1.807, 2.05) is 20.8 Å². The molecule has 13 heteroatoms. The van der Waals surface area contributed by atoms with E-state index < -0.39 is 64.8 Å². The van der Waals surface area contributed by atoms with Crippen LogP contribution in [0.2, 0.25) is 0 Å². The average molecular weight is 597 g/mol. The maximum absolute atomic E-state index is 14.4. The van der Waals surface area contributed by atoms with Crippen molar-refractivity contribution < 1.29 is 36.3 Å². The highest BCUT2D eigenvalue weighted by Crippen LogP contribution is 2.38. The highest BCUT2D eigenvalue weighted by molar-refractivity contribution is 7.90. The summed E-state index contributed by atoms with van der Waals surface area (Å²) in [7, 11) is -4.71. The number of carboxylic acids is 1. The first-order valence-corrected chi connectivity index (χ1v) is 14.9. The summed E-state index contributed by atoms with van der Waals surface area (Å²) in [5.41, 5.74) is 0.546. The first-order valence-electron chi connectivity index (χ1n) is 13.5. The lowest BCUT2D eigenvalue weighted by Gasteiger charge is -2.37. The van der Waals surface area contributed by atoms with Crippen LogP contribution >= 0.6 is 0 Å². The molecule has 2 N–H and O–H groups in total. The fraction of sp³-hybridized carbons (Fsp3) is 0.536. The van der Waals surface area contributed by atoms with Gasteiger partial charge in [-0.05, 0) is 54.9 Å². The predicted molar refractivity (Wildman–Crippen MR) is 146 cm³/mol. The lowest BCUT2D eigenvalue weighted by molar-refractivity contribution is -0.140. The number of rotatable bonds is 8. The highest BCUT2D eigenvalue weighted by atomic mass is 32.2. The first-order chi connectivity index (χ1) is 19.1. The van der Waals surface area contributed by atoms with Crippen LogP contribution in [0.15, 0.2) is 42.7 Å². The molecule has 0 radical (unpaired) electrons. The monoisotopic (exact) mass is 596 g/mol. The van der Waals surface area contributed by atoms with Crippen molar-refractivity contribution in [2.45, 2.75) is 88.8 Å². The Kier molecular flexibility index (Phi) is 8.70. The van der Waals surface area contributed by atoms with Crippen LogP contribution in [0.4, 0.5) is 18.9 Å². The molecule has 1 aliphatic heterocycles. The molecule has 0 spiro atoms. The summed E-state index contributed by atoms with van der Waals surface area (Å²) < 4.78 is 72.2. The van der Waals surface area contributed by atoms with Gasteiger partial charge in [0.2, 0.25) is 11.8 Å². The number of carbonyl (C=O) groups is 2. The maximum atomic E-state index is 14.4. The summed E-state index contributed by atoms with van der Waals surface area (Å²) in [6.07, 6.45) is 1.53. The molecule has 1 aromatic heterocycles. The summed E-state index contributed by atoms with van der Waals surface area (Å²) in [6.45, 7) is 5.82. The Hall–Kier alpha value is -3.19. The number of carbonyl (C=O) groups excluding carboxylic acids is 1. The van der Waals surface area contributed by atoms with Crippen LogP contribution in [-0.4, -0.2) is 59.2 Å². The molecular formula is C28H35F3N4O5S. The van der Waals surface area contributed by atoms with E-state index in [1.165, 1.54) is 12.1 Å². The molecule has 41 heavy (non-hydrogen) atoms. The quantitative estimate of drug-likeness (QED) is 0.461. The Morgan fingerprint density at radius 2 is 1.76 bits per heavy atom. The third-order valence-corrected chi connectivity index (χ3v) is 9.56. The van der Waals surface area contributed by atoms with Crippen LogP contribution in [-0.2, 0) is 25.2 Å². The molecule has 1 saturated carbocycles. The summed E-state index contributed by atoms with van der Waals surface area (Å²) in [5, 5.41) is 12.5. The van der Waals surface area contributed by atoms with Crippen molar-refractivity contribution in [3.8, 4) is 0 Å². The third kappa shape index (κ3) is 6.83. The van der Waals surface area contributed by atoms with Gasteiger partial charge < -0.3 is 10.4 Å². The fourth-order valence-electron chi connectivity index (χ4n) is 5.34. The zero-order valence-electron chi connectivity index (χ0n) is 23.2. The molecule has 2 heterocycles. The number of benzene rings is 1. The van der Waals surface area contributed by atoms with Crippen molar-refractivity contribution in [1.82, 2.24) is 14.6 Å². The number of amides is 1. The number of aliphatic carboxylic acids is 1. The number of alkyl halides is 2. The Morgan fingerprint density at radius 1 is 1.12 bits per heavy atom. The van der Waals surface area contributed by atoms with Gasteiger partial charge in [0.1, 0.15) is 11.9 Å². The van der Waals surface area contributed by atoms with Gasteiger partial charge in [-0.25, -0.2) is 17.5 Å². The third-order valence-electron chi connectivity index (χ3n) is 7.61. The van der Waals surface area contributed by atoms with Crippen LogP contribution in [0.5, 0.6) is 0 Å². The second kappa shape index (κ2) is 11.6. The van der Waals surface area contributed by atoms with Gasteiger partial charge >= 0.3 is 16.2 Å². The van der Waals surface area contributed by atoms with E-state index in [9.17, 15) is 36.3 Å². The Bertz CT molecular complexity index is 1370. The van der Waals surface area contributed by atoms with Crippen molar-refractivity contribution in [3.63, 3.8) is 0 Å². The van der Waals surface area contributed by atoms with E-state index in [0.29, 0.717) is 6.42 Å². The second-order valence-corrected chi connectivity index (χ2v) is 13.4. The molecule has 1 amide bonds. The number of pyridine rings is 1. The highest BCUT2D eigenvalue weighted by Gasteiger charge is 2.47. The molecule has 4 rings (SSSR count). The molecule has 2 aliphatic rings. The van der Waals surface area contributed by atoms with Crippen molar-refractivity contribution in [1.29, 1.82) is 0 Å².